The van der Waals surface area contributed by atoms with E-state index in [1.54, 1.807) is 13.8 Å². The highest BCUT2D eigenvalue weighted by Gasteiger charge is 2.01. The summed E-state index contributed by atoms with van der Waals surface area (Å²) in [5.74, 6) is 0. The number of aliphatic hydroxyl groups is 1. The molecule has 1 amide bonds. The summed E-state index contributed by atoms with van der Waals surface area (Å²) in [5.41, 5.74) is 0. The summed E-state index contributed by atoms with van der Waals surface area (Å²) in [6.07, 6.45) is -0.595. The third-order valence-corrected chi connectivity index (χ3v) is 0.724. The summed E-state index contributed by atoms with van der Waals surface area (Å²) in [7, 11) is 0. The lowest BCUT2D eigenvalue weighted by Gasteiger charge is -2.07. The van der Waals surface area contributed by atoms with E-state index >= 15 is 0 Å². The van der Waals surface area contributed by atoms with Gasteiger partial charge in [-0.15, -0.1) is 0 Å². The van der Waals surface area contributed by atoms with Crippen LogP contribution in [0.25, 0.3) is 0 Å². The fourth-order valence-electron chi connectivity index (χ4n) is 0.414. The maximum Gasteiger partial charge on any atom is 0.407 e. The van der Waals surface area contributed by atoms with E-state index < -0.39 is 6.09 Å². The maximum atomic E-state index is 10.6. The zero-order chi connectivity index (χ0) is 7.98. The molecule has 0 aliphatic heterocycles. The van der Waals surface area contributed by atoms with E-state index in [0.717, 1.165) is 0 Å². The number of rotatable bonds is 3. The van der Waals surface area contributed by atoms with Gasteiger partial charge in [0.15, 0.2) is 0 Å². The van der Waals surface area contributed by atoms with Crippen molar-refractivity contribution < 1.29 is 14.6 Å². The fraction of sp³-hybridized carbons (Fsp3) is 0.833. The molecular formula is C6H13NO3. The van der Waals surface area contributed by atoms with Crippen molar-refractivity contribution >= 4 is 6.09 Å². The Morgan fingerprint density at radius 3 is 2.70 bits per heavy atom. The number of carbonyl (C=O) groups excluding carboxylic acids is 1. The van der Waals surface area contributed by atoms with Gasteiger partial charge in [0.05, 0.1) is 12.7 Å². The van der Waals surface area contributed by atoms with Crippen molar-refractivity contribution in [2.75, 3.05) is 13.2 Å². The van der Waals surface area contributed by atoms with Gasteiger partial charge in [-0.05, 0) is 13.8 Å². The first kappa shape index (κ1) is 9.23. The molecule has 2 N–H and O–H groups in total. The number of ether oxygens (including phenoxy) is 1. The van der Waals surface area contributed by atoms with Crippen molar-refractivity contribution in [2.45, 2.75) is 20.0 Å². The second-order valence-corrected chi connectivity index (χ2v) is 2.10. The van der Waals surface area contributed by atoms with Crippen LogP contribution in [-0.4, -0.2) is 30.5 Å². The van der Waals surface area contributed by atoms with Crippen molar-refractivity contribution in [2.24, 2.45) is 0 Å². The Morgan fingerprint density at radius 2 is 2.30 bits per heavy atom. The monoisotopic (exact) mass is 147 g/mol. The molecule has 60 valence electrons. The lowest BCUT2D eigenvalue weighted by Crippen LogP contribution is -2.29. The number of alkyl carbamates (subject to hydrolysis) is 1. The Hall–Kier alpha value is -0.770. The minimum Gasteiger partial charge on any atom is -0.447 e. The third-order valence-electron chi connectivity index (χ3n) is 0.724. The van der Waals surface area contributed by atoms with Crippen LogP contribution >= 0.6 is 0 Å². The van der Waals surface area contributed by atoms with Crippen LogP contribution in [0.3, 0.4) is 0 Å². The van der Waals surface area contributed by atoms with Gasteiger partial charge in [0.25, 0.3) is 0 Å². The van der Waals surface area contributed by atoms with Gasteiger partial charge in [-0.2, -0.15) is 0 Å². The summed E-state index contributed by atoms with van der Waals surface area (Å²) >= 11 is 0. The van der Waals surface area contributed by atoms with E-state index in [4.69, 9.17) is 9.84 Å². The van der Waals surface area contributed by atoms with E-state index in [2.05, 4.69) is 5.32 Å². The number of hydrogen-bond acceptors (Lipinski definition) is 3. The van der Waals surface area contributed by atoms with Gasteiger partial charge in [-0.25, -0.2) is 4.79 Å². The standard InChI is InChI=1S/C6H13NO3/c1-5(2)10-6(9)7-3-4-8/h5,8H,3-4H2,1-2H3,(H,7,9). The second-order valence-electron chi connectivity index (χ2n) is 2.10. The zero-order valence-electron chi connectivity index (χ0n) is 6.26. The largest absolute Gasteiger partial charge is 0.447 e. The van der Waals surface area contributed by atoms with E-state index in [1.807, 2.05) is 0 Å². The molecule has 0 aromatic rings. The number of hydrogen-bond donors (Lipinski definition) is 2. The predicted molar refractivity (Wildman–Crippen MR) is 36.7 cm³/mol. The highest BCUT2D eigenvalue weighted by atomic mass is 16.6. The Balaban J connectivity index is 3.26. The fourth-order valence-corrected chi connectivity index (χ4v) is 0.414. The van der Waals surface area contributed by atoms with Crippen LogP contribution in [0.4, 0.5) is 4.79 Å². The van der Waals surface area contributed by atoms with Gasteiger partial charge >= 0.3 is 6.09 Å². The highest BCUT2D eigenvalue weighted by molar-refractivity contribution is 5.67. The first-order valence-corrected chi connectivity index (χ1v) is 3.22. The molecule has 0 bridgehead atoms. The van der Waals surface area contributed by atoms with Crippen molar-refractivity contribution in [3.05, 3.63) is 0 Å². The molecule has 4 heteroatoms. The Labute approximate surface area is 60.2 Å². The van der Waals surface area contributed by atoms with Gasteiger partial charge in [-0.1, -0.05) is 0 Å². The Kier molecular flexibility index (Phi) is 4.66. The van der Waals surface area contributed by atoms with Gasteiger partial charge < -0.3 is 15.2 Å². The first-order chi connectivity index (χ1) is 4.66. The molecule has 0 spiro atoms. The summed E-state index contributed by atoms with van der Waals surface area (Å²) < 4.78 is 4.69. The molecule has 0 saturated carbocycles. The molecule has 4 nitrogen and oxygen atoms in total. The van der Waals surface area contributed by atoms with Gasteiger partial charge in [-0.3, -0.25) is 0 Å². The van der Waals surface area contributed by atoms with E-state index in [9.17, 15) is 4.79 Å². The van der Waals surface area contributed by atoms with Crippen molar-refractivity contribution in [3.8, 4) is 0 Å². The minimum absolute atomic E-state index is 0.0623. The normalized spacial score (nSPS) is 9.60. The first-order valence-electron chi connectivity index (χ1n) is 3.22. The molecule has 0 aliphatic carbocycles. The van der Waals surface area contributed by atoms with Gasteiger partial charge in [0.1, 0.15) is 0 Å². The molecule has 10 heavy (non-hydrogen) atoms. The summed E-state index contributed by atoms with van der Waals surface area (Å²) in [4.78, 5) is 10.6. The van der Waals surface area contributed by atoms with Crippen LogP contribution in [0.15, 0.2) is 0 Å². The maximum absolute atomic E-state index is 10.6. The van der Waals surface area contributed by atoms with Crippen LogP contribution in [-0.2, 0) is 4.74 Å². The quantitative estimate of drug-likeness (QED) is 0.595. The molecule has 0 unspecified atom stereocenters. The van der Waals surface area contributed by atoms with Crippen LogP contribution in [0.1, 0.15) is 13.8 Å². The lowest BCUT2D eigenvalue weighted by atomic mass is 10.5. The average Bonchev–Trinajstić information content (AvgIpc) is 1.82. The summed E-state index contributed by atoms with van der Waals surface area (Å²) in [6.45, 7) is 3.70. The van der Waals surface area contributed by atoms with Crippen molar-refractivity contribution in [1.29, 1.82) is 0 Å². The Bertz CT molecular complexity index is 103. The molecule has 0 heterocycles. The van der Waals surface area contributed by atoms with E-state index in [-0.39, 0.29) is 19.3 Å². The summed E-state index contributed by atoms with van der Waals surface area (Å²) in [5, 5.41) is 10.6. The SMILES string of the molecule is CC(C)OC(=O)NCCO. The molecule has 0 radical (unpaired) electrons. The molecule has 0 rings (SSSR count). The minimum atomic E-state index is -0.482. The zero-order valence-corrected chi connectivity index (χ0v) is 6.26. The molecule has 0 atom stereocenters. The second kappa shape index (κ2) is 5.05. The third kappa shape index (κ3) is 5.37. The molecule has 0 aromatic carbocycles. The summed E-state index contributed by atoms with van der Waals surface area (Å²) in [6, 6.07) is 0. The number of carbonyl (C=O) groups is 1. The van der Waals surface area contributed by atoms with Gasteiger partial charge in [0.2, 0.25) is 0 Å². The highest BCUT2D eigenvalue weighted by Crippen LogP contribution is 1.86. The number of aliphatic hydroxyl groups excluding tert-OH is 1. The average molecular weight is 147 g/mol. The van der Waals surface area contributed by atoms with E-state index in [0.29, 0.717) is 0 Å². The smallest absolute Gasteiger partial charge is 0.407 e. The van der Waals surface area contributed by atoms with Crippen molar-refractivity contribution in [3.63, 3.8) is 0 Å². The molecule has 0 fully saturated rings. The van der Waals surface area contributed by atoms with E-state index in [1.165, 1.54) is 0 Å². The molecule has 0 aliphatic rings. The predicted octanol–water partition coefficient (Wildman–Crippen LogP) is 0.113. The van der Waals surface area contributed by atoms with Crippen LogP contribution in [0, 0.1) is 0 Å². The number of amides is 1. The van der Waals surface area contributed by atoms with Crippen LogP contribution < -0.4 is 5.32 Å². The van der Waals surface area contributed by atoms with Gasteiger partial charge in [0, 0.05) is 6.54 Å². The molecular weight excluding hydrogens is 134 g/mol. The Morgan fingerprint density at radius 1 is 1.70 bits per heavy atom. The lowest BCUT2D eigenvalue weighted by molar-refractivity contribution is 0.113. The molecule has 0 saturated heterocycles. The topological polar surface area (TPSA) is 58.6 Å². The number of nitrogens with one attached hydrogen (secondary N) is 1. The van der Waals surface area contributed by atoms with Crippen molar-refractivity contribution in [1.82, 2.24) is 5.32 Å². The van der Waals surface area contributed by atoms with Crippen LogP contribution in [0.5, 0.6) is 0 Å². The van der Waals surface area contributed by atoms with Crippen LogP contribution in [0.2, 0.25) is 0 Å². The molecule has 0 aromatic heterocycles.